The van der Waals surface area contributed by atoms with Crippen LogP contribution in [0.15, 0.2) is 84.3 Å². The predicted octanol–water partition coefficient (Wildman–Crippen LogP) is 4.52. The molecular weight excluding hydrogens is 480 g/mol. The van der Waals surface area contributed by atoms with Crippen molar-refractivity contribution in [2.24, 2.45) is 11.1 Å². The third-order valence-corrected chi connectivity index (χ3v) is 6.91. The molecule has 0 saturated carbocycles. The fourth-order valence-electron chi connectivity index (χ4n) is 4.77. The number of aromatic nitrogens is 1. The van der Waals surface area contributed by atoms with Crippen LogP contribution in [0.25, 0.3) is 0 Å². The summed E-state index contributed by atoms with van der Waals surface area (Å²) in [6, 6.07) is 20.0. The molecule has 2 aliphatic rings. The summed E-state index contributed by atoms with van der Waals surface area (Å²) in [5.74, 6) is -0.996. The molecule has 3 atom stereocenters. The highest BCUT2D eigenvalue weighted by molar-refractivity contribution is 6.45. The van der Waals surface area contributed by atoms with Gasteiger partial charge in [-0.3, -0.25) is 19.5 Å². The first-order valence-electron chi connectivity index (χ1n) is 12.8. The largest absolute Gasteiger partial charge is 0.362 e. The Bertz CT molecular complexity index is 1300. The highest BCUT2D eigenvalue weighted by Crippen LogP contribution is 2.35. The molecule has 2 aliphatic heterocycles. The number of nitrogens with zero attached hydrogens (tertiary/aromatic N) is 3. The molecule has 3 aromatic rings. The van der Waals surface area contributed by atoms with Crippen molar-refractivity contribution in [2.45, 2.75) is 51.5 Å². The number of hydrogen-bond donors (Lipinski definition) is 1. The SMILES string of the molecule is CC(C)(C)c1ccc(N(C(=O)C2=NOC3OCCC23)C(C(=O)NCc2ccccc2)c2cccnc2)cc1. The van der Waals surface area contributed by atoms with Crippen LogP contribution in [0.5, 0.6) is 0 Å². The Morgan fingerprint density at radius 3 is 2.50 bits per heavy atom. The van der Waals surface area contributed by atoms with Gasteiger partial charge in [0.2, 0.25) is 12.2 Å². The molecule has 1 aromatic heterocycles. The molecule has 5 rings (SSSR count). The minimum atomic E-state index is -0.982. The van der Waals surface area contributed by atoms with Gasteiger partial charge in [0.05, 0.1) is 12.5 Å². The Balaban J connectivity index is 1.55. The van der Waals surface area contributed by atoms with Crippen LogP contribution >= 0.6 is 0 Å². The third-order valence-electron chi connectivity index (χ3n) is 6.91. The Labute approximate surface area is 222 Å². The lowest BCUT2D eigenvalue weighted by molar-refractivity contribution is -0.125. The summed E-state index contributed by atoms with van der Waals surface area (Å²) in [4.78, 5) is 39.3. The molecule has 1 fully saturated rings. The van der Waals surface area contributed by atoms with Crippen LogP contribution < -0.4 is 10.2 Å². The van der Waals surface area contributed by atoms with Crippen LogP contribution in [0.3, 0.4) is 0 Å². The van der Waals surface area contributed by atoms with E-state index in [2.05, 4.69) is 36.2 Å². The number of carbonyl (C=O) groups excluding carboxylic acids is 2. The van der Waals surface area contributed by atoms with E-state index in [0.29, 0.717) is 30.8 Å². The van der Waals surface area contributed by atoms with Gasteiger partial charge in [-0.1, -0.05) is 74.5 Å². The molecule has 3 unspecified atom stereocenters. The maximum absolute atomic E-state index is 14.2. The summed E-state index contributed by atoms with van der Waals surface area (Å²) in [6.07, 6.45) is 3.32. The molecule has 0 aliphatic carbocycles. The Hall–Kier alpha value is -4.04. The van der Waals surface area contributed by atoms with Gasteiger partial charge in [-0.05, 0) is 41.2 Å². The van der Waals surface area contributed by atoms with Gasteiger partial charge < -0.3 is 14.9 Å². The summed E-state index contributed by atoms with van der Waals surface area (Å²) in [7, 11) is 0. The highest BCUT2D eigenvalue weighted by atomic mass is 16.8. The Morgan fingerprint density at radius 2 is 1.82 bits per heavy atom. The molecule has 0 bridgehead atoms. The average Bonchev–Trinajstić information content (AvgIpc) is 3.55. The number of nitrogens with one attached hydrogen (secondary N) is 1. The number of fused-ring (bicyclic) bond motifs is 1. The molecule has 1 saturated heterocycles. The summed E-state index contributed by atoms with van der Waals surface area (Å²) < 4.78 is 5.58. The molecule has 196 valence electrons. The average molecular weight is 513 g/mol. The maximum atomic E-state index is 14.2. The quantitative estimate of drug-likeness (QED) is 0.503. The van der Waals surface area contributed by atoms with Crippen LogP contribution in [0.2, 0.25) is 0 Å². The predicted molar refractivity (Wildman–Crippen MR) is 144 cm³/mol. The number of oxime groups is 1. The van der Waals surface area contributed by atoms with Crippen molar-refractivity contribution >= 4 is 23.2 Å². The lowest BCUT2D eigenvalue weighted by Gasteiger charge is -2.32. The highest BCUT2D eigenvalue weighted by Gasteiger charge is 2.46. The molecule has 0 spiro atoms. The van der Waals surface area contributed by atoms with Gasteiger partial charge in [0.15, 0.2) is 5.71 Å². The van der Waals surface area contributed by atoms with E-state index in [9.17, 15) is 9.59 Å². The monoisotopic (exact) mass is 512 g/mol. The van der Waals surface area contributed by atoms with E-state index in [4.69, 9.17) is 9.57 Å². The second-order valence-electron chi connectivity index (χ2n) is 10.6. The van der Waals surface area contributed by atoms with Crippen LogP contribution in [0.1, 0.15) is 49.9 Å². The fraction of sp³-hybridized carbons (Fsp3) is 0.333. The topological polar surface area (TPSA) is 93.1 Å². The van der Waals surface area contributed by atoms with Crippen molar-refractivity contribution in [3.8, 4) is 0 Å². The number of benzene rings is 2. The lowest BCUT2D eigenvalue weighted by atomic mass is 9.87. The van der Waals surface area contributed by atoms with Gasteiger partial charge in [-0.2, -0.15) is 0 Å². The standard InChI is InChI=1S/C30H32N4O4/c1-30(2,3)22-11-13-23(14-12-22)34(28(36)25-24-15-17-37-29(24)38-33-25)26(21-10-7-16-31-19-21)27(35)32-18-20-8-5-4-6-9-20/h4-14,16,19,24,26,29H,15,17-18H2,1-3H3,(H,32,35). The zero-order valence-electron chi connectivity index (χ0n) is 21.8. The molecule has 38 heavy (non-hydrogen) atoms. The van der Waals surface area contributed by atoms with E-state index in [1.165, 1.54) is 4.90 Å². The Kier molecular flexibility index (Phi) is 7.24. The van der Waals surface area contributed by atoms with Gasteiger partial charge in [-0.25, -0.2) is 0 Å². The van der Waals surface area contributed by atoms with Gasteiger partial charge in [-0.15, -0.1) is 0 Å². The van der Waals surface area contributed by atoms with Crippen LogP contribution in [-0.2, 0) is 31.1 Å². The van der Waals surface area contributed by atoms with E-state index in [1.807, 2.05) is 54.6 Å². The number of rotatable bonds is 7. The number of amides is 2. The van der Waals surface area contributed by atoms with E-state index in [1.54, 1.807) is 24.5 Å². The van der Waals surface area contributed by atoms with Crippen LogP contribution in [0, 0.1) is 5.92 Å². The minimum absolute atomic E-state index is 0.0685. The van der Waals surface area contributed by atoms with Gasteiger partial charge in [0.25, 0.3) is 5.91 Å². The first kappa shape index (κ1) is 25.6. The van der Waals surface area contributed by atoms with Gasteiger partial charge >= 0.3 is 0 Å². The molecule has 8 heteroatoms. The number of anilines is 1. The minimum Gasteiger partial charge on any atom is -0.362 e. The van der Waals surface area contributed by atoms with Crippen molar-refractivity contribution in [1.29, 1.82) is 0 Å². The number of hydrogen-bond acceptors (Lipinski definition) is 6. The Morgan fingerprint density at radius 1 is 1.05 bits per heavy atom. The molecule has 0 radical (unpaired) electrons. The van der Waals surface area contributed by atoms with E-state index >= 15 is 0 Å². The van der Waals surface area contributed by atoms with Crippen LogP contribution in [-0.4, -0.2) is 35.4 Å². The third kappa shape index (κ3) is 5.31. The number of ether oxygens (including phenoxy) is 1. The zero-order valence-corrected chi connectivity index (χ0v) is 21.8. The lowest BCUT2D eigenvalue weighted by Crippen LogP contribution is -2.47. The summed E-state index contributed by atoms with van der Waals surface area (Å²) >= 11 is 0. The van der Waals surface area contributed by atoms with E-state index in [-0.39, 0.29) is 23.0 Å². The van der Waals surface area contributed by atoms with E-state index < -0.39 is 18.2 Å². The molecule has 2 aromatic carbocycles. The van der Waals surface area contributed by atoms with Crippen LogP contribution in [0.4, 0.5) is 5.69 Å². The number of pyridine rings is 1. The fourth-order valence-corrected chi connectivity index (χ4v) is 4.77. The van der Waals surface area contributed by atoms with Crippen molar-refractivity contribution in [2.75, 3.05) is 11.5 Å². The van der Waals surface area contributed by atoms with Crippen molar-refractivity contribution < 1.29 is 19.2 Å². The normalized spacial score (nSPS) is 19.2. The molecule has 1 N–H and O–H groups in total. The molecular formula is C30H32N4O4. The van der Waals surface area contributed by atoms with Crippen molar-refractivity contribution in [3.05, 3.63) is 95.8 Å². The smallest absolute Gasteiger partial charge is 0.277 e. The first-order valence-corrected chi connectivity index (χ1v) is 12.8. The second-order valence-corrected chi connectivity index (χ2v) is 10.6. The van der Waals surface area contributed by atoms with E-state index in [0.717, 1.165) is 11.1 Å². The molecule has 3 heterocycles. The van der Waals surface area contributed by atoms with Crippen molar-refractivity contribution in [1.82, 2.24) is 10.3 Å². The zero-order chi connectivity index (χ0) is 26.7. The van der Waals surface area contributed by atoms with Gasteiger partial charge in [0.1, 0.15) is 6.04 Å². The van der Waals surface area contributed by atoms with Crippen molar-refractivity contribution in [3.63, 3.8) is 0 Å². The first-order chi connectivity index (χ1) is 18.3. The molecule has 2 amide bonds. The summed E-state index contributed by atoms with van der Waals surface area (Å²) in [5, 5.41) is 7.12. The number of carbonyl (C=O) groups is 2. The van der Waals surface area contributed by atoms with Gasteiger partial charge in [0, 0.05) is 30.2 Å². The summed E-state index contributed by atoms with van der Waals surface area (Å²) in [6.45, 7) is 7.21. The molecule has 8 nitrogen and oxygen atoms in total. The second kappa shape index (κ2) is 10.8. The maximum Gasteiger partial charge on any atom is 0.277 e. The summed E-state index contributed by atoms with van der Waals surface area (Å²) in [5.41, 5.74) is 3.43.